The van der Waals surface area contributed by atoms with Gasteiger partial charge in [-0.25, -0.2) is 0 Å². The number of halogens is 1. The summed E-state index contributed by atoms with van der Waals surface area (Å²) in [6.07, 6.45) is 0. The van der Waals surface area contributed by atoms with Gasteiger partial charge in [-0.1, -0.05) is 26.8 Å². The summed E-state index contributed by atoms with van der Waals surface area (Å²) < 4.78 is 2.83. The Balaban J connectivity index is 2.68. The third-order valence-corrected chi connectivity index (χ3v) is 3.35. The minimum atomic E-state index is -0.0970. The number of tetrazole rings is 1. The van der Waals surface area contributed by atoms with Crippen molar-refractivity contribution in [2.75, 3.05) is 0 Å². The Kier molecular flexibility index (Phi) is 3.27. The van der Waals surface area contributed by atoms with E-state index < -0.39 is 0 Å². The van der Waals surface area contributed by atoms with E-state index in [-0.39, 0.29) is 5.41 Å². The van der Waals surface area contributed by atoms with Gasteiger partial charge in [-0.3, -0.25) is 0 Å². The fourth-order valence-corrected chi connectivity index (χ4v) is 2.82. The minimum Gasteiger partial charge on any atom is -0.195 e. The summed E-state index contributed by atoms with van der Waals surface area (Å²) in [5, 5.41) is 12.1. The molecule has 0 N–H and O–H groups in total. The summed E-state index contributed by atoms with van der Waals surface area (Å²) in [5.41, 5.74) is 3.28. The molecule has 0 amide bonds. The SMILES string of the molecule is Cc1cc(C)c(-n2nnnc2C(C)(C)C)c(Br)c1. The smallest absolute Gasteiger partial charge is 0.162 e. The van der Waals surface area contributed by atoms with Crippen molar-refractivity contribution in [3.63, 3.8) is 0 Å². The highest BCUT2D eigenvalue weighted by atomic mass is 79.9. The van der Waals surface area contributed by atoms with Crippen molar-refractivity contribution in [3.05, 3.63) is 33.6 Å². The second-order valence-electron chi connectivity index (χ2n) is 5.58. The van der Waals surface area contributed by atoms with E-state index in [1.54, 1.807) is 0 Å². The van der Waals surface area contributed by atoms with Gasteiger partial charge < -0.3 is 0 Å². The van der Waals surface area contributed by atoms with Gasteiger partial charge in [0.1, 0.15) is 0 Å². The van der Waals surface area contributed by atoms with Crippen LogP contribution in [-0.4, -0.2) is 20.2 Å². The van der Waals surface area contributed by atoms with E-state index in [0.717, 1.165) is 21.5 Å². The zero-order chi connectivity index (χ0) is 13.5. The van der Waals surface area contributed by atoms with Gasteiger partial charge in [-0.2, -0.15) is 4.68 Å². The van der Waals surface area contributed by atoms with Crippen molar-refractivity contribution in [2.45, 2.75) is 40.0 Å². The van der Waals surface area contributed by atoms with E-state index in [9.17, 15) is 0 Å². The average molecular weight is 309 g/mol. The lowest BCUT2D eigenvalue weighted by atomic mass is 9.95. The first kappa shape index (κ1) is 13.2. The monoisotopic (exact) mass is 308 g/mol. The third-order valence-electron chi connectivity index (χ3n) is 2.75. The lowest BCUT2D eigenvalue weighted by molar-refractivity contribution is 0.525. The van der Waals surface area contributed by atoms with Crippen LogP contribution in [0.5, 0.6) is 0 Å². The molecular formula is C13H17BrN4. The van der Waals surface area contributed by atoms with Crippen LogP contribution >= 0.6 is 15.9 Å². The minimum absolute atomic E-state index is 0.0970. The lowest BCUT2D eigenvalue weighted by Crippen LogP contribution is -2.19. The van der Waals surface area contributed by atoms with Crippen LogP contribution in [0.25, 0.3) is 5.69 Å². The Morgan fingerprint density at radius 1 is 1.17 bits per heavy atom. The highest BCUT2D eigenvalue weighted by molar-refractivity contribution is 9.10. The molecule has 1 aromatic heterocycles. The maximum atomic E-state index is 4.15. The van der Waals surface area contributed by atoms with Crippen molar-refractivity contribution in [3.8, 4) is 5.69 Å². The number of aryl methyl sites for hydroxylation is 2. The Labute approximate surface area is 116 Å². The first-order chi connectivity index (χ1) is 8.30. The van der Waals surface area contributed by atoms with Crippen molar-refractivity contribution >= 4 is 15.9 Å². The lowest BCUT2D eigenvalue weighted by Gasteiger charge is -2.19. The molecule has 0 aliphatic rings. The quantitative estimate of drug-likeness (QED) is 0.811. The molecule has 1 heterocycles. The highest BCUT2D eigenvalue weighted by Crippen LogP contribution is 2.29. The van der Waals surface area contributed by atoms with Crippen LogP contribution in [-0.2, 0) is 5.41 Å². The van der Waals surface area contributed by atoms with E-state index in [1.807, 2.05) is 4.68 Å². The molecular weight excluding hydrogens is 292 g/mol. The molecule has 0 unspecified atom stereocenters. The maximum absolute atomic E-state index is 4.15. The third kappa shape index (κ3) is 2.32. The summed E-state index contributed by atoms with van der Waals surface area (Å²) in [6.45, 7) is 10.5. The molecule has 0 radical (unpaired) electrons. The molecule has 0 saturated carbocycles. The summed E-state index contributed by atoms with van der Waals surface area (Å²) in [4.78, 5) is 0. The molecule has 2 rings (SSSR count). The van der Waals surface area contributed by atoms with E-state index in [0.29, 0.717) is 0 Å². The largest absolute Gasteiger partial charge is 0.195 e. The van der Waals surface area contributed by atoms with E-state index in [4.69, 9.17) is 0 Å². The summed E-state index contributed by atoms with van der Waals surface area (Å²) >= 11 is 3.60. The van der Waals surface area contributed by atoms with E-state index >= 15 is 0 Å². The second kappa shape index (κ2) is 4.46. The van der Waals surface area contributed by atoms with Crippen molar-refractivity contribution in [1.29, 1.82) is 0 Å². The number of hydrogen-bond acceptors (Lipinski definition) is 3. The van der Waals surface area contributed by atoms with Gasteiger partial charge in [-0.15, -0.1) is 5.10 Å². The molecule has 0 saturated heterocycles. The predicted octanol–water partition coefficient (Wildman–Crippen LogP) is 3.34. The van der Waals surface area contributed by atoms with Crippen molar-refractivity contribution in [2.24, 2.45) is 0 Å². The number of rotatable bonds is 1. The van der Waals surface area contributed by atoms with Gasteiger partial charge in [0, 0.05) is 9.89 Å². The van der Waals surface area contributed by atoms with Gasteiger partial charge in [-0.05, 0) is 57.4 Å². The van der Waals surface area contributed by atoms with Crippen LogP contribution in [0, 0.1) is 13.8 Å². The zero-order valence-electron chi connectivity index (χ0n) is 11.3. The van der Waals surface area contributed by atoms with Crippen molar-refractivity contribution < 1.29 is 0 Å². The Morgan fingerprint density at radius 2 is 1.83 bits per heavy atom. The first-order valence-electron chi connectivity index (χ1n) is 5.86. The topological polar surface area (TPSA) is 43.6 Å². The van der Waals surface area contributed by atoms with Crippen LogP contribution in [0.4, 0.5) is 0 Å². The zero-order valence-corrected chi connectivity index (χ0v) is 12.9. The number of hydrogen-bond donors (Lipinski definition) is 0. The van der Waals surface area contributed by atoms with Gasteiger partial charge in [0.05, 0.1) is 5.69 Å². The van der Waals surface area contributed by atoms with Crippen LogP contribution in [0.3, 0.4) is 0 Å². The predicted molar refractivity (Wildman–Crippen MR) is 75.0 cm³/mol. The molecule has 5 heteroatoms. The fourth-order valence-electron chi connectivity index (χ4n) is 1.98. The molecule has 0 spiro atoms. The molecule has 0 aliphatic heterocycles. The molecule has 4 nitrogen and oxygen atoms in total. The van der Waals surface area contributed by atoms with Gasteiger partial charge >= 0.3 is 0 Å². The summed E-state index contributed by atoms with van der Waals surface area (Å²) in [7, 11) is 0. The van der Waals surface area contributed by atoms with Gasteiger partial charge in [0.2, 0.25) is 0 Å². The molecule has 0 aliphatic carbocycles. The van der Waals surface area contributed by atoms with E-state index in [2.05, 4.69) is 78.2 Å². The first-order valence-corrected chi connectivity index (χ1v) is 6.66. The summed E-state index contributed by atoms with van der Waals surface area (Å²) in [5.74, 6) is 0.857. The molecule has 0 bridgehead atoms. The average Bonchev–Trinajstić information content (AvgIpc) is 2.63. The van der Waals surface area contributed by atoms with Gasteiger partial charge in [0.15, 0.2) is 5.82 Å². The normalized spacial score (nSPS) is 11.9. The van der Waals surface area contributed by atoms with Crippen LogP contribution in [0.1, 0.15) is 37.7 Å². The standard InChI is InChI=1S/C13H17BrN4/c1-8-6-9(2)11(10(14)7-8)18-12(13(3,4)5)15-16-17-18/h6-7H,1-5H3. The van der Waals surface area contributed by atoms with Crippen LogP contribution in [0.15, 0.2) is 16.6 Å². The Hall–Kier alpha value is -1.23. The van der Waals surface area contributed by atoms with Crippen LogP contribution in [0.2, 0.25) is 0 Å². The number of benzene rings is 1. The Bertz CT molecular complexity index is 558. The fraction of sp³-hybridized carbons (Fsp3) is 0.462. The Morgan fingerprint density at radius 3 is 2.39 bits per heavy atom. The molecule has 0 fully saturated rings. The summed E-state index contributed by atoms with van der Waals surface area (Å²) in [6, 6.07) is 4.21. The van der Waals surface area contributed by atoms with E-state index in [1.165, 1.54) is 5.56 Å². The van der Waals surface area contributed by atoms with Gasteiger partial charge in [0.25, 0.3) is 0 Å². The molecule has 2 aromatic rings. The number of aromatic nitrogens is 4. The molecule has 1 aromatic carbocycles. The molecule has 18 heavy (non-hydrogen) atoms. The number of nitrogens with zero attached hydrogens (tertiary/aromatic N) is 4. The molecule has 0 atom stereocenters. The second-order valence-corrected chi connectivity index (χ2v) is 6.43. The van der Waals surface area contributed by atoms with Crippen LogP contribution < -0.4 is 0 Å². The van der Waals surface area contributed by atoms with Crippen molar-refractivity contribution in [1.82, 2.24) is 20.2 Å². The molecule has 96 valence electrons. The maximum Gasteiger partial charge on any atom is 0.162 e. The highest BCUT2D eigenvalue weighted by Gasteiger charge is 2.24.